The number of aromatic carboxylic acids is 1. The molecule has 3 aromatic carbocycles. The van der Waals surface area contributed by atoms with Crippen LogP contribution in [0.1, 0.15) is 27.0 Å². The number of allylic oxidation sites excluding steroid dienone is 1. The minimum absolute atomic E-state index is 0.127. The van der Waals surface area contributed by atoms with Gasteiger partial charge in [-0.3, -0.25) is 0 Å². The Morgan fingerprint density at radius 3 is 2.57 bits per heavy atom. The van der Waals surface area contributed by atoms with Crippen molar-refractivity contribution in [1.29, 1.82) is 5.26 Å². The third-order valence-electron chi connectivity index (χ3n) is 4.89. The number of benzene rings is 3. The molecule has 0 spiro atoms. The van der Waals surface area contributed by atoms with Crippen molar-refractivity contribution in [2.24, 2.45) is 0 Å². The molecule has 0 aliphatic heterocycles. The summed E-state index contributed by atoms with van der Waals surface area (Å²) in [5, 5.41) is 21.7. The van der Waals surface area contributed by atoms with Crippen molar-refractivity contribution >= 4 is 28.5 Å². The molecule has 4 aromatic rings. The molecule has 146 valence electrons. The highest BCUT2D eigenvalue weighted by atomic mass is 19.1. The number of para-hydroxylation sites is 1. The molecule has 0 saturated heterocycles. The summed E-state index contributed by atoms with van der Waals surface area (Å²) in [5.41, 5.74) is 3.58. The van der Waals surface area contributed by atoms with Crippen molar-refractivity contribution in [3.63, 3.8) is 0 Å². The van der Waals surface area contributed by atoms with E-state index in [2.05, 4.69) is 6.07 Å². The number of carbonyl (C=O) groups excluding carboxylic acids is 1. The lowest BCUT2D eigenvalue weighted by Crippen LogP contribution is -2.22. The van der Waals surface area contributed by atoms with Crippen LogP contribution in [-0.2, 0) is 6.54 Å². The van der Waals surface area contributed by atoms with Crippen molar-refractivity contribution in [1.82, 2.24) is 4.57 Å². The van der Waals surface area contributed by atoms with E-state index in [1.54, 1.807) is 30.3 Å². The van der Waals surface area contributed by atoms with Gasteiger partial charge in [0.2, 0.25) is 0 Å². The first-order chi connectivity index (χ1) is 14.5. The Kier molecular flexibility index (Phi) is 5.15. The van der Waals surface area contributed by atoms with Gasteiger partial charge in [0.1, 0.15) is 5.82 Å². The first-order valence-corrected chi connectivity index (χ1v) is 9.31. The molecule has 1 heterocycles. The largest absolute Gasteiger partial charge is 0.545 e. The Morgan fingerprint density at radius 2 is 1.80 bits per heavy atom. The molecule has 5 heteroatoms. The maximum absolute atomic E-state index is 13.6. The van der Waals surface area contributed by atoms with Crippen molar-refractivity contribution in [3.8, 4) is 6.07 Å². The maximum Gasteiger partial charge on any atom is 0.123 e. The van der Waals surface area contributed by atoms with Crippen LogP contribution in [0, 0.1) is 17.1 Å². The van der Waals surface area contributed by atoms with E-state index < -0.39 is 11.8 Å². The molecule has 0 bridgehead atoms. The van der Waals surface area contributed by atoms with Gasteiger partial charge >= 0.3 is 0 Å². The molecule has 4 rings (SSSR count). The summed E-state index contributed by atoms with van der Waals surface area (Å²) in [5.74, 6) is -1.62. The molecule has 0 radical (unpaired) electrons. The van der Waals surface area contributed by atoms with Crippen molar-refractivity contribution in [2.45, 2.75) is 6.54 Å². The van der Waals surface area contributed by atoms with E-state index in [4.69, 9.17) is 0 Å². The van der Waals surface area contributed by atoms with Crippen LogP contribution in [0.4, 0.5) is 4.39 Å². The summed E-state index contributed by atoms with van der Waals surface area (Å²) in [6, 6.07) is 22.5. The number of carboxylic acid groups (broad SMARTS) is 1. The van der Waals surface area contributed by atoms with E-state index in [-0.39, 0.29) is 5.56 Å². The zero-order valence-corrected chi connectivity index (χ0v) is 15.9. The van der Waals surface area contributed by atoms with E-state index in [0.29, 0.717) is 17.7 Å². The van der Waals surface area contributed by atoms with Gasteiger partial charge in [-0.2, -0.15) is 5.26 Å². The first kappa shape index (κ1) is 19.2. The molecular formula is C25H16FN2O2-. The Labute approximate surface area is 172 Å². The Bertz CT molecular complexity index is 1330. The number of nitriles is 1. The van der Waals surface area contributed by atoms with Gasteiger partial charge in [0.15, 0.2) is 0 Å². The SMILES string of the molecule is N#C/C(=C\c1cn(Cc2cccc(C(=O)[O-])c2)c2ccccc12)c1cccc(F)c1. The lowest BCUT2D eigenvalue weighted by atomic mass is 10.0. The summed E-state index contributed by atoms with van der Waals surface area (Å²) in [4.78, 5) is 11.2. The van der Waals surface area contributed by atoms with Gasteiger partial charge in [-0.05, 0) is 47.0 Å². The molecule has 0 atom stereocenters. The summed E-state index contributed by atoms with van der Waals surface area (Å²) in [7, 11) is 0. The summed E-state index contributed by atoms with van der Waals surface area (Å²) in [6.45, 7) is 0.456. The number of nitrogens with zero attached hydrogens (tertiary/aromatic N) is 2. The molecule has 0 aliphatic carbocycles. The van der Waals surface area contributed by atoms with Gasteiger partial charge in [-0.15, -0.1) is 0 Å². The predicted octanol–water partition coefficient (Wildman–Crippen LogP) is 4.26. The Balaban J connectivity index is 1.79. The third-order valence-corrected chi connectivity index (χ3v) is 4.89. The maximum atomic E-state index is 13.6. The second kappa shape index (κ2) is 8.06. The van der Waals surface area contributed by atoms with E-state index in [9.17, 15) is 19.6 Å². The molecule has 0 unspecified atom stereocenters. The van der Waals surface area contributed by atoms with Gasteiger partial charge in [-0.25, -0.2) is 4.39 Å². The highest BCUT2D eigenvalue weighted by Crippen LogP contribution is 2.27. The molecule has 1 aromatic heterocycles. The zero-order valence-electron chi connectivity index (χ0n) is 15.9. The minimum Gasteiger partial charge on any atom is -0.545 e. The zero-order chi connectivity index (χ0) is 21.1. The number of rotatable bonds is 5. The van der Waals surface area contributed by atoms with E-state index >= 15 is 0 Å². The molecule has 0 fully saturated rings. The predicted molar refractivity (Wildman–Crippen MR) is 112 cm³/mol. The number of aromatic nitrogens is 1. The minimum atomic E-state index is -1.22. The number of halogens is 1. The number of hydrogen-bond acceptors (Lipinski definition) is 3. The molecule has 0 saturated carbocycles. The molecular weight excluding hydrogens is 379 g/mol. The number of hydrogen-bond donors (Lipinski definition) is 0. The van der Waals surface area contributed by atoms with Gasteiger partial charge in [-0.1, -0.05) is 48.5 Å². The van der Waals surface area contributed by atoms with Crippen LogP contribution in [-0.4, -0.2) is 10.5 Å². The lowest BCUT2D eigenvalue weighted by Gasteiger charge is -2.08. The lowest BCUT2D eigenvalue weighted by molar-refractivity contribution is -0.255. The fraction of sp³-hybridized carbons (Fsp3) is 0.0400. The van der Waals surface area contributed by atoms with Crippen molar-refractivity contribution in [2.75, 3.05) is 0 Å². The quantitative estimate of drug-likeness (QED) is 0.474. The smallest absolute Gasteiger partial charge is 0.123 e. The average Bonchev–Trinajstić information content (AvgIpc) is 3.09. The highest BCUT2D eigenvalue weighted by molar-refractivity contribution is 5.98. The number of fused-ring (bicyclic) bond motifs is 1. The van der Waals surface area contributed by atoms with Gasteiger partial charge in [0.25, 0.3) is 0 Å². The summed E-state index contributed by atoms with van der Waals surface area (Å²) >= 11 is 0. The van der Waals surface area contributed by atoms with Crippen molar-refractivity contribution < 1.29 is 14.3 Å². The van der Waals surface area contributed by atoms with E-state index in [0.717, 1.165) is 22.0 Å². The average molecular weight is 395 g/mol. The molecule has 0 N–H and O–H groups in total. The molecule has 4 nitrogen and oxygen atoms in total. The van der Waals surface area contributed by atoms with E-state index in [1.165, 1.54) is 18.2 Å². The van der Waals surface area contributed by atoms with Crippen LogP contribution >= 0.6 is 0 Å². The second-order valence-electron chi connectivity index (χ2n) is 6.90. The Hall–Kier alpha value is -4.17. The monoisotopic (exact) mass is 395 g/mol. The Morgan fingerprint density at radius 1 is 1.03 bits per heavy atom. The van der Waals surface area contributed by atoms with Crippen molar-refractivity contribution in [3.05, 3.63) is 107 Å². The van der Waals surface area contributed by atoms with Crippen LogP contribution in [0.25, 0.3) is 22.6 Å². The van der Waals surface area contributed by atoms with Crippen LogP contribution in [0.15, 0.2) is 79.0 Å². The molecule has 0 amide bonds. The highest BCUT2D eigenvalue weighted by Gasteiger charge is 2.10. The van der Waals surface area contributed by atoms with Gasteiger partial charge in [0, 0.05) is 29.2 Å². The summed E-state index contributed by atoms with van der Waals surface area (Å²) in [6.07, 6.45) is 3.65. The van der Waals surface area contributed by atoms with Crippen LogP contribution in [0.3, 0.4) is 0 Å². The normalized spacial score (nSPS) is 11.4. The fourth-order valence-corrected chi connectivity index (χ4v) is 3.51. The van der Waals surface area contributed by atoms with E-state index in [1.807, 2.05) is 41.1 Å². The topological polar surface area (TPSA) is 68.8 Å². The number of carboxylic acids is 1. The van der Waals surface area contributed by atoms with Crippen LogP contribution in [0.5, 0.6) is 0 Å². The number of carbonyl (C=O) groups is 1. The molecule has 0 aliphatic rings. The van der Waals surface area contributed by atoms with Gasteiger partial charge < -0.3 is 14.5 Å². The third kappa shape index (κ3) is 3.85. The summed E-state index contributed by atoms with van der Waals surface area (Å²) < 4.78 is 15.6. The fourth-order valence-electron chi connectivity index (χ4n) is 3.51. The first-order valence-electron chi connectivity index (χ1n) is 9.31. The van der Waals surface area contributed by atoms with Gasteiger partial charge in [0.05, 0.1) is 17.6 Å². The molecule has 30 heavy (non-hydrogen) atoms. The second-order valence-corrected chi connectivity index (χ2v) is 6.90. The van der Waals surface area contributed by atoms with Crippen LogP contribution in [0.2, 0.25) is 0 Å². The van der Waals surface area contributed by atoms with Crippen LogP contribution < -0.4 is 5.11 Å². The standard InChI is InChI=1S/C25H17FN2O2/c26-22-8-4-6-18(13-22)20(14-27)12-21-16-28(24-10-2-1-9-23(21)24)15-17-5-3-7-19(11-17)25(29)30/h1-13,16H,15H2,(H,29,30)/p-1/b20-12+.